The van der Waals surface area contributed by atoms with Crippen molar-refractivity contribution in [3.05, 3.63) is 34.3 Å². The second-order valence-corrected chi connectivity index (χ2v) is 5.88. The SMILES string of the molecule is CNc1nc(C)c(C(=O)NCCc2ccc(OC)c(OC)c2)s1. The molecule has 0 saturated carbocycles. The molecule has 2 N–H and O–H groups in total. The van der Waals surface area contributed by atoms with E-state index in [0.29, 0.717) is 29.3 Å². The summed E-state index contributed by atoms with van der Waals surface area (Å²) in [5.74, 6) is 1.29. The van der Waals surface area contributed by atoms with Crippen molar-refractivity contribution < 1.29 is 14.3 Å². The summed E-state index contributed by atoms with van der Waals surface area (Å²) in [7, 11) is 5.00. The number of hydrogen-bond donors (Lipinski definition) is 2. The predicted octanol–water partition coefficient (Wildman–Crippen LogP) is 2.48. The average molecular weight is 335 g/mol. The number of carbonyl (C=O) groups is 1. The lowest BCUT2D eigenvalue weighted by atomic mass is 10.1. The maximum Gasteiger partial charge on any atom is 0.263 e. The highest BCUT2D eigenvalue weighted by atomic mass is 32.1. The molecule has 0 spiro atoms. The molecular weight excluding hydrogens is 314 g/mol. The summed E-state index contributed by atoms with van der Waals surface area (Å²) in [5, 5.41) is 6.62. The Labute approximate surface area is 139 Å². The standard InChI is InChI=1S/C16H21N3O3S/c1-10-14(23-16(17-2)19-10)15(20)18-8-7-11-5-6-12(21-3)13(9-11)22-4/h5-6,9H,7-8H2,1-4H3,(H,17,19)(H,18,20). The number of ether oxygens (including phenoxy) is 2. The molecule has 0 atom stereocenters. The van der Waals surface area contributed by atoms with Crippen molar-refractivity contribution in [1.82, 2.24) is 10.3 Å². The number of thiazole rings is 1. The van der Waals surface area contributed by atoms with Crippen LogP contribution in [0.4, 0.5) is 5.13 Å². The lowest BCUT2D eigenvalue weighted by Gasteiger charge is -2.10. The molecule has 1 aromatic heterocycles. The van der Waals surface area contributed by atoms with E-state index in [4.69, 9.17) is 9.47 Å². The lowest BCUT2D eigenvalue weighted by molar-refractivity contribution is 0.0957. The van der Waals surface area contributed by atoms with Crippen molar-refractivity contribution in [1.29, 1.82) is 0 Å². The maximum atomic E-state index is 12.2. The Morgan fingerprint density at radius 3 is 2.61 bits per heavy atom. The number of amides is 1. The molecule has 7 heteroatoms. The molecule has 124 valence electrons. The molecule has 2 rings (SSSR count). The van der Waals surface area contributed by atoms with Gasteiger partial charge in [-0.25, -0.2) is 4.98 Å². The van der Waals surface area contributed by atoms with Crippen LogP contribution in [0.25, 0.3) is 0 Å². The Morgan fingerprint density at radius 2 is 2.00 bits per heavy atom. The molecule has 0 radical (unpaired) electrons. The van der Waals surface area contributed by atoms with E-state index >= 15 is 0 Å². The van der Waals surface area contributed by atoms with Gasteiger partial charge in [0, 0.05) is 13.6 Å². The Kier molecular flexibility index (Phi) is 5.81. The molecule has 6 nitrogen and oxygen atoms in total. The molecule has 2 aromatic rings. The Bertz CT molecular complexity index is 685. The molecule has 0 bridgehead atoms. The van der Waals surface area contributed by atoms with Crippen molar-refractivity contribution >= 4 is 22.4 Å². The molecule has 1 heterocycles. The average Bonchev–Trinajstić information content (AvgIpc) is 2.95. The lowest BCUT2D eigenvalue weighted by Crippen LogP contribution is -2.25. The van der Waals surface area contributed by atoms with Gasteiger partial charge in [0.15, 0.2) is 16.6 Å². The van der Waals surface area contributed by atoms with Gasteiger partial charge in [-0.3, -0.25) is 4.79 Å². The Hall–Kier alpha value is -2.28. The molecule has 0 fully saturated rings. The van der Waals surface area contributed by atoms with Crippen LogP contribution in [0.1, 0.15) is 20.9 Å². The maximum absolute atomic E-state index is 12.2. The molecule has 1 amide bonds. The summed E-state index contributed by atoms with van der Waals surface area (Å²) >= 11 is 1.35. The molecule has 0 aliphatic rings. The van der Waals surface area contributed by atoms with Gasteiger partial charge in [0.2, 0.25) is 0 Å². The largest absolute Gasteiger partial charge is 0.493 e. The van der Waals surface area contributed by atoms with Gasteiger partial charge in [-0.05, 0) is 31.0 Å². The smallest absolute Gasteiger partial charge is 0.263 e. The third-order valence-electron chi connectivity index (χ3n) is 3.36. The van der Waals surface area contributed by atoms with Gasteiger partial charge in [0.05, 0.1) is 19.9 Å². The van der Waals surface area contributed by atoms with Crippen molar-refractivity contribution in [2.45, 2.75) is 13.3 Å². The van der Waals surface area contributed by atoms with Crippen LogP contribution in [0.2, 0.25) is 0 Å². The highest BCUT2D eigenvalue weighted by molar-refractivity contribution is 7.17. The molecule has 1 aromatic carbocycles. The topological polar surface area (TPSA) is 72.5 Å². The van der Waals surface area contributed by atoms with E-state index < -0.39 is 0 Å². The summed E-state index contributed by atoms with van der Waals surface area (Å²) < 4.78 is 10.5. The molecule has 23 heavy (non-hydrogen) atoms. The second-order valence-electron chi connectivity index (χ2n) is 4.88. The van der Waals surface area contributed by atoms with Crippen LogP contribution in [0.5, 0.6) is 11.5 Å². The molecular formula is C16H21N3O3S. The number of nitrogens with one attached hydrogen (secondary N) is 2. The summed E-state index contributed by atoms with van der Waals surface area (Å²) in [5.41, 5.74) is 1.81. The number of methoxy groups -OCH3 is 2. The second kappa shape index (κ2) is 7.82. The zero-order chi connectivity index (χ0) is 16.8. The van der Waals surface area contributed by atoms with Crippen LogP contribution in [-0.4, -0.2) is 38.7 Å². The van der Waals surface area contributed by atoms with Gasteiger partial charge in [-0.1, -0.05) is 17.4 Å². The minimum Gasteiger partial charge on any atom is -0.493 e. The van der Waals surface area contributed by atoms with Gasteiger partial charge in [0.25, 0.3) is 5.91 Å². The number of aromatic nitrogens is 1. The van der Waals surface area contributed by atoms with Gasteiger partial charge >= 0.3 is 0 Å². The fourth-order valence-corrected chi connectivity index (χ4v) is 2.99. The fraction of sp³-hybridized carbons (Fsp3) is 0.375. The van der Waals surface area contributed by atoms with Gasteiger partial charge < -0.3 is 20.1 Å². The Balaban J connectivity index is 1.94. The third kappa shape index (κ3) is 4.13. The summed E-state index contributed by atoms with van der Waals surface area (Å²) in [6.45, 7) is 2.38. The van der Waals surface area contributed by atoms with E-state index in [1.807, 2.05) is 25.1 Å². The zero-order valence-electron chi connectivity index (χ0n) is 13.7. The van der Waals surface area contributed by atoms with E-state index in [9.17, 15) is 4.79 Å². The Morgan fingerprint density at radius 1 is 1.26 bits per heavy atom. The summed E-state index contributed by atoms with van der Waals surface area (Å²) in [6, 6.07) is 5.75. The summed E-state index contributed by atoms with van der Waals surface area (Å²) in [6.07, 6.45) is 0.711. The van der Waals surface area contributed by atoms with Gasteiger partial charge in [0.1, 0.15) is 4.88 Å². The number of aryl methyl sites for hydroxylation is 1. The number of rotatable bonds is 7. The molecule has 0 aliphatic heterocycles. The van der Waals surface area contributed by atoms with Crippen LogP contribution < -0.4 is 20.1 Å². The first-order valence-electron chi connectivity index (χ1n) is 7.23. The summed E-state index contributed by atoms with van der Waals surface area (Å²) in [4.78, 5) is 17.1. The minimum absolute atomic E-state index is 0.0954. The molecule has 0 aliphatic carbocycles. The predicted molar refractivity (Wildman–Crippen MR) is 92.0 cm³/mol. The molecule has 0 unspecified atom stereocenters. The first kappa shape index (κ1) is 17.1. The van der Waals surface area contributed by atoms with Crippen LogP contribution in [0.3, 0.4) is 0 Å². The van der Waals surface area contributed by atoms with E-state index in [1.54, 1.807) is 21.3 Å². The first-order valence-corrected chi connectivity index (χ1v) is 8.05. The quantitative estimate of drug-likeness (QED) is 0.813. The van der Waals surface area contributed by atoms with Gasteiger partial charge in [-0.2, -0.15) is 0 Å². The number of anilines is 1. The van der Waals surface area contributed by atoms with Crippen LogP contribution in [0.15, 0.2) is 18.2 Å². The van der Waals surface area contributed by atoms with Crippen molar-refractivity contribution in [3.63, 3.8) is 0 Å². The monoisotopic (exact) mass is 335 g/mol. The van der Waals surface area contributed by atoms with E-state index in [2.05, 4.69) is 15.6 Å². The van der Waals surface area contributed by atoms with Gasteiger partial charge in [-0.15, -0.1) is 0 Å². The highest BCUT2D eigenvalue weighted by Crippen LogP contribution is 2.27. The van der Waals surface area contributed by atoms with Crippen LogP contribution >= 0.6 is 11.3 Å². The number of hydrogen-bond acceptors (Lipinski definition) is 6. The van der Waals surface area contributed by atoms with E-state index in [0.717, 1.165) is 16.4 Å². The minimum atomic E-state index is -0.0954. The fourth-order valence-electron chi connectivity index (χ4n) is 2.15. The first-order chi connectivity index (χ1) is 11.1. The van der Waals surface area contributed by atoms with Crippen molar-refractivity contribution in [3.8, 4) is 11.5 Å². The van der Waals surface area contributed by atoms with Crippen molar-refractivity contribution in [2.75, 3.05) is 33.1 Å². The van der Waals surface area contributed by atoms with Crippen LogP contribution in [-0.2, 0) is 6.42 Å². The number of nitrogens with zero attached hydrogens (tertiary/aromatic N) is 1. The normalized spacial score (nSPS) is 10.3. The highest BCUT2D eigenvalue weighted by Gasteiger charge is 2.14. The molecule has 0 saturated heterocycles. The van der Waals surface area contributed by atoms with E-state index in [1.165, 1.54) is 11.3 Å². The number of benzene rings is 1. The van der Waals surface area contributed by atoms with Crippen molar-refractivity contribution in [2.24, 2.45) is 0 Å². The zero-order valence-corrected chi connectivity index (χ0v) is 14.5. The third-order valence-corrected chi connectivity index (χ3v) is 4.54. The van der Waals surface area contributed by atoms with Crippen LogP contribution in [0, 0.1) is 6.92 Å². The number of carbonyl (C=O) groups excluding carboxylic acids is 1. The van der Waals surface area contributed by atoms with E-state index in [-0.39, 0.29) is 5.91 Å².